The number of benzene rings is 2. The first-order valence-corrected chi connectivity index (χ1v) is 9.26. The minimum Gasteiger partial charge on any atom is -0.497 e. The molecule has 0 radical (unpaired) electrons. The first-order chi connectivity index (χ1) is 13.7. The number of carbonyl (C=O) groups excluding carboxylic acids is 1. The Balaban J connectivity index is 1.55. The van der Waals surface area contributed by atoms with E-state index in [1.807, 2.05) is 42.5 Å². The van der Waals surface area contributed by atoms with Crippen molar-refractivity contribution in [2.45, 2.75) is 19.4 Å². The molecule has 0 spiro atoms. The van der Waals surface area contributed by atoms with E-state index in [0.717, 1.165) is 39.0 Å². The maximum Gasteiger partial charge on any atom is 0.220 e. The van der Waals surface area contributed by atoms with Crippen molar-refractivity contribution in [2.24, 2.45) is 0 Å². The van der Waals surface area contributed by atoms with E-state index in [9.17, 15) is 4.79 Å². The van der Waals surface area contributed by atoms with Gasteiger partial charge in [-0.25, -0.2) is 0 Å². The van der Waals surface area contributed by atoms with Gasteiger partial charge in [-0.15, -0.1) is 0 Å². The molecular weight excluding hydrogens is 352 g/mol. The molecule has 0 bridgehead atoms. The number of ether oxygens (including phenoxy) is 1. The van der Waals surface area contributed by atoms with Crippen LogP contribution in [-0.4, -0.2) is 18.0 Å². The van der Waals surface area contributed by atoms with Crippen molar-refractivity contribution in [3.63, 3.8) is 0 Å². The first kappa shape index (κ1) is 17.9. The third-order valence-electron chi connectivity index (χ3n) is 4.86. The van der Waals surface area contributed by atoms with Gasteiger partial charge in [0.2, 0.25) is 5.91 Å². The van der Waals surface area contributed by atoms with Crippen molar-refractivity contribution < 1.29 is 13.9 Å². The van der Waals surface area contributed by atoms with Crippen molar-refractivity contribution in [3.8, 4) is 17.0 Å². The molecule has 0 atom stereocenters. The molecule has 0 saturated carbocycles. The second-order valence-electron chi connectivity index (χ2n) is 6.66. The van der Waals surface area contributed by atoms with E-state index in [1.165, 1.54) is 0 Å². The lowest BCUT2D eigenvalue weighted by molar-refractivity contribution is -0.121. The van der Waals surface area contributed by atoms with Crippen LogP contribution in [0.4, 0.5) is 0 Å². The molecule has 0 aliphatic heterocycles. The maximum atomic E-state index is 12.3. The van der Waals surface area contributed by atoms with E-state index in [4.69, 9.17) is 9.15 Å². The Kier molecular flexibility index (Phi) is 5.15. The maximum absolute atomic E-state index is 12.3. The van der Waals surface area contributed by atoms with Crippen LogP contribution in [0.1, 0.15) is 17.5 Å². The van der Waals surface area contributed by atoms with Crippen LogP contribution in [0.5, 0.6) is 5.75 Å². The highest BCUT2D eigenvalue weighted by atomic mass is 16.5. The Morgan fingerprint density at radius 2 is 1.93 bits per heavy atom. The van der Waals surface area contributed by atoms with Gasteiger partial charge in [-0.1, -0.05) is 18.2 Å². The fourth-order valence-corrected chi connectivity index (χ4v) is 3.38. The van der Waals surface area contributed by atoms with Gasteiger partial charge in [-0.2, -0.15) is 0 Å². The fraction of sp³-hybridized carbons (Fsp3) is 0.174. The van der Waals surface area contributed by atoms with E-state index in [1.54, 1.807) is 19.6 Å². The van der Waals surface area contributed by atoms with Crippen molar-refractivity contribution >= 4 is 16.8 Å². The summed E-state index contributed by atoms with van der Waals surface area (Å²) in [6.07, 6.45) is 4.32. The number of fused-ring (bicyclic) bond motifs is 1. The van der Waals surface area contributed by atoms with Crippen LogP contribution < -0.4 is 10.1 Å². The molecule has 0 unspecified atom stereocenters. The molecule has 0 saturated heterocycles. The Bertz CT molecular complexity index is 1060. The molecule has 0 aliphatic rings. The van der Waals surface area contributed by atoms with Gasteiger partial charge in [0, 0.05) is 35.1 Å². The number of amides is 1. The Morgan fingerprint density at radius 3 is 2.68 bits per heavy atom. The van der Waals surface area contributed by atoms with Gasteiger partial charge in [-0.3, -0.25) is 4.79 Å². The molecule has 0 fully saturated rings. The average molecular weight is 374 g/mol. The summed E-state index contributed by atoms with van der Waals surface area (Å²) < 4.78 is 10.3. The van der Waals surface area contributed by atoms with E-state index in [-0.39, 0.29) is 5.91 Å². The second-order valence-corrected chi connectivity index (χ2v) is 6.66. The predicted molar refractivity (Wildman–Crippen MR) is 109 cm³/mol. The normalized spacial score (nSPS) is 10.9. The van der Waals surface area contributed by atoms with Gasteiger partial charge in [0.05, 0.1) is 19.6 Å². The number of aromatic nitrogens is 1. The van der Waals surface area contributed by atoms with Crippen molar-refractivity contribution in [2.75, 3.05) is 7.11 Å². The molecule has 5 nitrogen and oxygen atoms in total. The minimum atomic E-state index is 0.0205. The number of nitrogens with one attached hydrogen (secondary N) is 2. The number of H-pyrrole nitrogens is 1. The summed E-state index contributed by atoms with van der Waals surface area (Å²) in [5.41, 5.74) is 5.30. The van der Waals surface area contributed by atoms with Gasteiger partial charge < -0.3 is 19.5 Å². The summed E-state index contributed by atoms with van der Waals surface area (Å²) in [5, 5.41) is 4.09. The highest BCUT2D eigenvalue weighted by molar-refractivity contribution is 5.91. The van der Waals surface area contributed by atoms with Crippen molar-refractivity contribution in [1.29, 1.82) is 0 Å². The summed E-state index contributed by atoms with van der Waals surface area (Å²) in [6, 6.07) is 18.0. The van der Waals surface area contributed by atoms with E-state index < -0.39 is 0 Å². The van der Waals surface area contributed by atoms with Crippen LogP contribution in [0, 0.1) is 0 Å². The third-order valence-corrected chi connectivity index (χ3v) is 4.86. The van der Waals surface area contributed by atoms with Gasteiger partial charge in [0.1, 0.15) is 5.75 Å². The topological polar surface area (TPSA) is 67.3 Å². The fourth-order valence-electron chi connectivity index (χ4n) is 3.38. The molecular formula is C23H22N2O3. The van der Waals surface area contributed by atoms with Crippen LogP contribution in [-0.2, 0) is 17.8 Å². The monoisotopic (exact) mass is 374 g/mol. The highest BCUT2D eigenvalue weighted by Gasteiger charge is 2.14. The molecule has 2 aromatic carbocycles. The number of methoxy groups -OCH3 is 1. The average Bonchev–Trinajstić information content (AvgIpc) is 3.38. The molecule has 1 amide bonds. The molecule has 4 rings (SSSR count). The Labute approximate surface area is 163 Å². The molecule has 142 valence electrons. The Morgan fingerprint density at radius 1 is 1.11 bits per heavy atom. The molecule has 2 N–H and O–H groups in total. The summed E-state index contributed by atoms with van der Waals surface area (Å²) in [4.78, 5) is 15.8. The first-order valence-electron chi connectivity index (χ1n) is 9.26. The lowest BCUT2D eigenvalue weighted by Gasteiger charge is -2.07. The quantitative estimate of drug-likeness (QED) is 0.493. The number of hydrogen-bond acceptors (Lipinski definition) is 3. The molecule has 2 heterocycles. The summed E-state index contributed by atoms with van der Waals surface area (Å²) in [6.45, 7) is 0.481. The SMILES string of the molecule is COc1ccc(-c2[nH]c3ccccc3c2CCC(=O)NCc2ccoc2)cc1. The standard InChI is InChI=1S/C23H22N2O3/c1-27-18-8-6-17(7-9-18)23-20(19-4-2-3-5-21(19)25-23)10-11-22(26)24-14-16-12-13-28-15-16/h2-9,12-13,15,25H,10-11,14H2,1H3,(H,24,26). The van der Waals surface area contributed by atoms with Crippen molar-refractivity contribution in [3.05, 3.63) is 78.3 Å². The van der Waals surface area contributed by atoms with Crippen LogP contribution in [0.25, 0.3) is 22.2 Å². The number of aryl methyl sites for hydroxylation is 1. The summed E-state index contributed by atoms with van der Waals surface area (Å²) >= 11 is 0. The predicted octanol–water partition coefficient (Wildman–Crippen LogP) is 4.69. The number of furan rings is 1. The van der Waals surface area contributed by atoms with Crippen LogP contribution in [0.2, 0.25) is 0 Å². The number of rotatable bonds is 7. The zero-order chi connectivity index (χ0) is 19.3. The largest absolute Gasteiger partial charge is 0.497 e. The minimum absolute atomic E-state index is 0.0205. The number of para-hydroxylation sites is 1. The van der Waals surface area contributed by atoms with E-state index in [2.05, 4.69) is 22.4 Å². The zero-order valence-corrected chi connectivity index (χ0v) is 15.7. The van der Waals surface area contributed by atoms with E-state index >= 15 is 0 Å². The third kappa shape index (κ3) is 3.78. The van der Waals surface area contributed by atoms with Gasteiger partial charge >= 0.3 is 0 Å². The molecule has 4 aromatic rings. The summed E-state index contributed by atoms with van der Waals surface area (Å²) in [7, 11) is 1.66. The molecule has 28 heavy (non-hydrogen) atoms. The van der Waals surface area contributed by atoms with Crippen LogP contribution in [0.15, 0.2) is 71.5 Å². The Hall–Kier alpha value is -3.47. The van der Waals surface area contributed by atoms with Crippen LogP contribution >= 0.6 is 0 Å². The lowest BCUT2D eigenvalue weighted by Crippen LogP contribution is -2.22. The summed E-state index contributed by atoms with van der Waals surface area (Å²) in [5.74, 6) is 0.840. The van der Waals surface area contributed by atoms with Crippen molar-refractivity contribution in [1.82, 2.24) is 10.3 Å². The molecule has 0 aliphatic carbocycles. The van der Waals surface area contributed by atoms with Gasteiger partial charge in [0.15, 0.2) is 0 Å². The van der Waals surface area contributed by atoms with E-state index in [0.29, 0.717) is 19.4 Å². The zero-order valence-electron chi connectivity index (χ0n) is 15.7. The smallest absolute Gasteiger partial charge is 0.220 e. The van der Waals surface area contributed by atoms with Crippen LogP contribution in [0.3, 0.4) is 0 Å². The highest BCUT2D eigenvalue weighted by Crippen LogP contribution is 2.32. The second kappa shape index (κ2) is 8.05. The molecule has 5 heteroatoms. The lowest BCUT2D eigenvalue weighted by atomic mass is 10.0. The van der Waals surface area contributed by atoms with Gasteiger partial charge in [0.25, 0.3) is 0 Å². The van der Waals surface area contributed by atoms with Gasteiger partial charge in [-0.05, 0) is 53.9 Å². The number of aromatic amines is 1. The molecule has 2 aromatic heterocycles. The number of carbonyl (C=O) groups is 1. The number of hydrogen-bond donors (Lipinski definition) is 2.